The van der Waals surface area contributed by atoms with E-state index in [2.05, 4.69) is 0 Å². The normalized spacial score (nSPS) is 29.6. The van der Waals surface area contributed by atoms with Gasteiger partial charge in [0.05, 0.1) is 5.92 Å². The van der Waals surface area contributed by atoms with E-state index in [1.54, 1.807) is 0 Å². The van der Waals surface area contributed by atoms with E-state index in [0.29, 0.717) is 19.0 Å². The molecule has 0 spiro atoms. The first-order valence-corrected chi connectivity index (χ1v) is 7.34. The average Bonchev–Trinajstić information content (AvgIpc) is 3.16. The van der Waals surface area contributed by atoms with Crippen molar-refractivity contribution in [3.05, 3.63) is 0 Å². The summed E-state index contributed by atoms with van der Waals surface area (Å²) in [5, 5.41) is 0. The van der Waals surface area contributed by atoms with Crippen LogP contribution >= 0.6 is 0 Å². The van der Waals surface area contributed by atoms with Crippen molar-refractivity contribution in [3.63, 3.8) is 0 Å². The number of amides is 2. The molecule has 3 aliphatic rings. The Kier molecular flexibility index (Phi) is 3.27. The van der Waals surface area contributed by atoms with Crippen LogP contribution in [-0.2, 0) is 9.59 Å². The van der Waals surface area contributed by atoms with Gasteiger partial charge in [0.15, 0.2) is 0 Å². The number of carbonyl (C=O) groups excluding carboxylic acids is 2. The number of rotatable bonds is 2. The lowest BCUT2D eigenvalue weighted by atomic mass is 10.1. The lowest BCUT2D eigenvalue weighted by molar-refractivity contribution is -0.135. The molecule has 3 rings (SSSR count). The van der Waals surface area contributed by atoms with E-state index in [1.165, 1.54) is 12.8 Å². The van der Waals surface area contributed by atoms with Crippen molar-refractivity contribution < 1.29 is 9.59 Å². The second kappa shape index (κ2) is 4.90. The van der Waals surface area contributed by atoms with E-state index >= 15 is 0 Å². The van der Waals surface area contributed by atoms with Gasteiger partial charge in [-0.15, -0.1) is 0 Å². The lowest BCUT2D eigenvalue weighted by Crippen LogP contribution is -2.38. The first-order chi connectivity index (χ1) is 8.75. The SMILES string of the molecule is O=C(C1CC(=O)N(C2CC2)C1)N1CCCCCC1. The van der Waals surface area contributed by atoms with Gasteiger partial charge in [0.1, 0.15) is 0 Å². The number of likely N-dealkylation sites (tertiary alicyclic amines) is 2. The molecule has 0 aromatic heterocycles. The van der Waals surface area contributed by atoms with Crippen molar-refractivity contribution >= 4 is 11.8 Å². The molecule has 18 heavy (non-hydrogen) atoms. The fourth-order valence-electron chi connectivity index (χ4n) is 3.19. The molecule has 1 aliphatic carbocycles. The molecule has 2 amide bonds. The third-order valence-electron chi connectivity index (χ3n) is 4.41. The first-order valence-electron chi connectivity index (χ1n) is 7.34. The third-order valence-corrected chi connectivity index (χ3v) is 4.41. The molecule has 0 bridgehead atoms. The van der Waals surface area contributed by atoms with Gasteiger partial charge in [-0.1, -0.05) is 12.8 Å². The Morgan fingerprint density at radius 1 is 1.06 bits per heavy atom. The van der Waals surface area contributed by atoms with E-state index < -0.39 is 0 Å². The Morgan fingerprint density at radius 2 is 1.72 bits per heavy atom. The van der Waals surface area contributed by atoms with Crippen LogP contribution in [-0.4, -0.2) is 47.3 Å². The summed E-state index contributed by atoms with van der Waals surface area (Å²) in [5.74, 6) is 0.371. The maximum atomic E-state index is 12.4. The molecule has 2 heterocycles. The summed E-state index contributed by atoms with van der Waals surface area (Å²) in [6, 6.07) is 0.458. The van der Waals surface area contributed by atoms with Crippen molar-refractivity contribution in [1.29, 1.82) is 0 Å². The van der Waals surface area contributed by atoms with E-state index in [4.69, 9.17) is 0 Å². The van der Waals surface area contributed by atoms with Crippen molar-refractivity contribution in [2.75, 3.05) is 19.6 Å². The standard InChI is InChI=1S/C14H22N2O2/c17-13-9-11(10-16(13)12-5-6-12)14(18)15-7-3-1-2-4-8-15/h11-12H,1-10H2. The van der Waals surface area contributed by atoms with Crippen LogP contribution in [0, 0.1) is 5.92 Å². The van der Waals surface area contributed by atoms with Gasteiger partial charge in [-0.05, 0) is 25.7 Å². The summed E-state index contributed by atoms with van der Waals surface area (Å²) in [4.78, 5) is 28.3. The average molecular weight is 250 g/mol. The summed E-state index contributed by atoms with van der Waals surface area (Å²) in [7, 11) is 0. The second-order valence-corrected chi connectivity index (χ2v) is 5.92. The number of hydrogen-bond acceptors (Lipinski definition) is 2. The monoisotopic (exact) mass is 250 g/mol. The molecule has 0 aromatic rings. The van der Waals surface area contributed by atoms with E-state index in [-0.39, 0.29) is 17.7 Å². The topological polar surface area (TPSA) is 40.6 Å². The molecule has 0 N–H and O–H groups in total. The van der Waals surface area contributed by atoms with Crippen LogP contribution in [0.5, 0.6) is 0 Å². The summed E-state index contributed by atoms with van der Waals surface area (Å²) in [6.45, 7) is 2.47. The van der Waals surface area contributed by atoms with E-state index in [0.717, 1.165) is 38.8 Å². The van der Waals surface area contributed by atoms with Crippen LogP contribution in [0.4, 0.5) is 0 Å². The highest BCUT2D eigenvalue weighted by atomic mass is 16.2. The highest BCUT2D eigenvalue weighted by Crippen LogP contribution is 2.33. The second-order valence-electron chi connectivity index (χ2n) is 5.92. The van der Waals surface area contributed by atoms with Gasteiger partial charge in [0, 0.05) is 32.1 Å². The van der Waals surface area contributed by atoms with Crippen LogP contribution in [0.25, 0.3) is 0 Å². The highest BCUT2D eigenvalue weighted by molar-refractivity contribution is 5.89. The zero-order chi connectivity index (χ0) is 12.5. The minimum absolute atomic E-state index is 0.0591. The van der Waals surface area contributed by atoms with Crippen molar-refractivity contribution in [1.82, 2.24) is 9.80 Å². The fraction of sp³-hybridized carbons (Fsp3) is 0.857. The van der Waals surface area contributed by atoms with Gasteiger partial charge < -0.3 is 9.80 Å². The molecule has 4 nitrogen and oxygen atoms in total. The lowest BCUT2D eigenvalue weighted by Gasteiger charge is -2.23. The summed E-state index contributed by atoms with van der Waals surface area (Å²) in [6.07, 6.45) is 7.44. The predicted octanol–water partition coefficient (Wildman–Crippen LogP) is 1.40. The highest BCUT2D eigenvalue weighted by Gasteiger charge is 2.42. The minimum Gasteiger partial charge on any atom is -0.342 e. The molecule has 100 valence electrons. The Balaban J connectivity index is 1.60. The van der Waals surface area contributed by atoms with Crippen LogP contribution in [0.2, 0.25) is 0 Å². The number of carbonyl (C=O) groups is 2. The molecular weight excluding hydrogens is 228 g/mol. The van der Waals surface area contributed by atoms with Crippen LogP contribution in [0.1, 0.15) is 44.9 Å². The summed E-state index contributed by atoms with van der Waals surface area (Å²) >= 11 is 0. The first kappa shape index (κ1) is 12.0. The summed E-state index contributed by atoms with van der Waals surface area (Å²) < 4.78 is 0. The van der Waals surface area contributed by atoms with Crippen molar-refractivity contribution in [3.8, 4) is 0 Å². The molecule has 1 atom stereocenters. The minimum atomic E-state index is -0.0591. The Bertz CT molecular complexity index is 344. The zero-order valence-electron chi connectivity index (χ0n) is 10.9. The molecule has 0 aromatic carbocycles. The molecule has 1 unspecified atom stereocenters. The van der Waals surface area contributed by atoms with Gasteiger partial charge in [0.25, 0.3) is 0 Å². The largest absolute Gasteiger partial charge is 0.342 e. The van der Waals surface area contributed by atoms with Gasteiger partial charge in [-0.3, -0.25) is 9.59 Å². The fourth-order valence-corrected chi connectivity index (χ4v) is 3.19. The van der Waals surface area contributed by atoms with Gasteiger partial charge in [-0.2, -0.15) is 0 Å². The molecule has 2 aliphatic heterocycles. The van der Waals surface area contributed by atoms with Gasteiger partial charge >= 0.3 is 0 Å². The molecule has 0 radical (unpaired) electrons. The van der Waals surface area contributed by atoms with E-state index in [1.807, 2.05) is 9.80 Å². The maximum Gasteiger partial charge on any atom is 0.227 e. The molecule has 4 heteroatoms. The van der Waals surface area contributed by atoms with Crippen LogP contribution < -0.4 is 0 Å². The molecule has 3 fully saturated rings. The molecular formula is C14H22N2O2. The number of hydrogen-bond donors (Lipinski definition) is 0. The zero-order valence-corrected chi connectivity index (χ0v) is 10.9. The van der Waals surface area contributed by atoms with Crippen molar-refractivity contribution in [2.24, 2.45) is 5.92 Å². The Hall–Kier alpha value is -1.06. The smallest absolute Gasteiger partial charge is 0.227 e. The van der Waals surface area contributed by atoms with Gasteiger partial charge in [0.2, 0.25) is 11.8 Å². The quantitative estimate of drug-likeness (QED) is 0.743. The number of nitrogens with zero attached hydrogens (tertiary/aromatic N) is 2. The predicted molar refractivity (Wildman–Crippen MR) is 67.9 cm³/mol. The van der Waals surface area contributed by atoms with Gasteiger partial charge in [-0.25, -0.2) is 0 Å². The van der Waals surface area contributed by atoms with E-state index in [9.17, 15) is 9.59 Å². The van der Waals surface area contributed by atoms with Crippen molar-refractivity contribution in [2.45, 2.75) is 51.0 Å². The Labute approximate surface area is 108 Å². The Morgan fingerprint density at radius 3 is 2.33 bits per heavy atom. The van der Waals surface area contributed by atoms with Crippen LogP contribution in [0.3, 0.4) is 0 Å². The maximum absolute atomic E-state index is 12.4. The van der Waals surface area contributed by atoms with Crippen LogP contribution in [0.15, 0.2) is 0 Å². The molecule has 1 saturated carbocycles. The third kappa shape index (κ3) is 2.38. The summed E-state index contributed by atoms with van der Waals surface area (Å²) in [5.41, 5.74) is 0. The molecule has 2 saturated heterocycles.